The van der Waals surface area contributed by atoms with E-state index in [0.717, 1.165) is 12.8 Å². The molecule has 0 aliphatic rings. The summed E-state index contributed by atoms with van der Waals surface area (Å²) < 4.78 is 1.96. The Morgan fingerprint density at radius 2 is 2.00 bits per heavy atom. The van der Waals surface area contributed by atoms with E-state index in [2.05, 4.69) is 24.4 Å². The molecule has 0 aliphatic heterocycles. The lowest BCUT2D eigenvalue weighted by molar-refractivity contribution is 0.0927. The number of nitrogens with two attached hydrogens (primary N) is 1. The van der Waals surface area contributed by atoms with E-state index in [1.807, 2.05) is 41.1 Å². The van der Waals surface area contributed by atoms with Gasteiger partial charge >= 0.3 is 0 Å². The molecule has 112 valence electrons. The standard InChI is InChI=1S/C17H23N3O/c1-2-7-15(12-18)19-17(21)16-10-6-11-20(16)13-14-8-4-3-5-9-14/h3-6,8-11,15H,2,7,12-13,18H2,1H3,(H,19,21). The molecule has 2 rings (SSSR count). The molecule has 2 aromatic rings. The first kappa shape index (κ1) is 15.3. The molecule has 4 heteroatoms. The molecule has 0 aliphatic carbocycles. The van der Waals surface area contributed by atoms with E-state index in [9.17, 15) is 4.79 Å². The predicted octanol–water partition coefficient (Wildman–Crippen LogP) is 2.39. The zero-order chi connectivity index (χ0) is 15.1. The van der Waals surface area contributed by atoms with Gasteiger partial charge in [0.1, 0.15) is 5.69 Å². The zero-order valence-electron chi connectivity index (χ0n) is 12.5. The minimum Gasteiger partial charge on any atom is -0.347 e. The summed E-state index contributed by atoms with van der Waals surface area (Å²) in [7, 11) is 0. The lowest BCUT2D eigenvalue weighted by Crippen LogP contribution is -2.40. The molecule has 21 heavy (non-hydrogen) atoms. The van der Waals surface area contributed by atoms with Crippen LogP contribution in [0.4, 0.5) is 0 Å². The number of rotatable bonds is 7. The fourth-order valence-electron chi connectivity index (χ4n) is 2.39. The third-order valence-corrected chi connectivity index (χ3v) is 3.51. The molecule has 0 radical (unpaired) electrons. The highest BCUT2D eigenvalue weighted by Crippen LogP contribution is 2.08. The van der Waals surface area contributed by atoms with Gasteiger partial charge in [0.05, 0.1) is 0 Å². The molecule has 0 saturated carbocycles. The fourth-order valence-corrected chi connectivity index (χ4v) is 2.39. The smallest absolute Gasteiger partial charge is 0.268 e. The van der Waals surface area contributed by atoms with Crippen molar-refractivity contribution in [1.82, 2.24) is 9.88 Å². The Kier molecular flexibility index (Phi) is 5.58. The third kappa shape index (κ3) is 4.20. The Bertz CT molecular complexity index is 562. The summed E-state index contributed by atoms with van der Waals surface area (Å²) in [5, 5.41) is 3.01. The summed E-state index contributed by atoms with van der Waals surface area (Å²) in [4.78, 5) is 12.4. The van der Waals surface area contributed by atoms with Crippen LogP contribution < -0.4 is 11.1 Å². The van der Waals surface area contributed by atoms with Crippen LogP contribution in [0.15, 0.2) is 48.7 Å². The van der Waals surface area contributed by atoms with Gasteiger partial charge < -0.3 is 15.6 Å². The largest absolute Gasteiger partial charge is 0.347 e. The van der Waals surface area contributed by atoms with Crippen molar-refractivity contribution in [2.45, 2.75) is 32.4 Å². The lowest BCUT2D eigenvalue weighted by atomic mass is 10.1. The monoisotopic (exact) mass is 285 g/mol. The number of nitrogens with one attached hydrogen (secondary N) is 1. The highest BCUT2D eigenvalue weighted by Gasteiger charge is 2.14. The zero-order valence-corrected chi connectivity index (χ0v) is 12.5. The minimum absolute atomic E-state index is 0.0441. The van der Waals surface area contributed by atoms with Crippen LogP contribution in [0.2, 0.25) is 0 Å². The molecule has 0 spiro atoms. The van der Waals surface area contributed by atoms with Crippen molar-refractivity contribution in [3.05, 3.63) is 59.9 Å². The van der Waals surface area contributed by atoms with Gasteiger partial charge in [0.2, 0.25) is 0 Å². The van der Waals surface area contributed by atoms with E-state index >= 15 is 0 Å². The molecule has 1 heterocycles. The second-order valence-corrected chi connectivity index (χ2v) is 5.20. The van der Waals surface area contributed by atoms with Gasteiger partial charge in [-0.1, -0.05) is 43.7 Å². The summed E-state index contributed by atoms with van der Waals surface area (Å²) in [6.45, 7) is 3.25. The molecule has 0 fully saturated rings. The number of carbonyl (C=O) groups is 1. The normalized spacial score (nSPS) is 12.1. The molecule has 0 saturated heterocycles. The topological polar surface area (TPSA) is 60.0 Å². The average molecular weight is 285 g/mol. The maximum Gasteiger partial charge on any atom is 0.268 e. The Hall–Kier alpha value is -2.07. The second-order valence-electron chi connectivity index (χ2n) is 5.20. The van der Waals surface area contributed by atoms with Crippen LogP contribution in [0.3, 0.4) is 0 Å². The first-order valence-corrected chi connectivity index (χ1v) is 7.44. The number of nitrogens with zero attached hydrogens (tertiary/aromatic N) is 1. The van der Waals surface area contributed by atoms with Crippen LogP contribution >= 0.6 is 0 Å². The van der Waals surface area contributed by atoms with Crippen molar-refractivity contribution >= 4 is 5.91 Å². The molecule has 3 N–H and O–H groups in total. The van der Waals surface area contributed by atoms with Gasteiger partial charge in [-0.05, 0) is 24.1 Å². The van der Waals surface area contributed by atoms with Gasteiger partial charge in [-0.3, -0.25) is 4.79 Å². The predicted molar refractivity (Wildman–Crippen MR) is 85.2 cm³/mol. The van der Waals surface area contributed by atoms with E-state index < -0.39 is 0 Å². The molecule has 1 unspecified atom stereocenters. The van der Waals surface area contributed by atoms with Crippen molar-refractivity contribution in [1.29, 1.82) is 0 Å². The maximum atomic E-state index is 12.4. The number of amides is 1. The van der Waals surface area contributed by atoms with Crippen LogP contribution in [-0.4, -0.2) is 23.1 Å². The van der Waals surface area contributed by atoms with Crippen LogP contribution in [0, 0.1) is 0 Å². The van der Waals surface area contributed by atoms with E-state index in [0.29, 0.717) is 18.8 Å². The Morgan fingerprint density at radius 1 is 1.24 bits per heavy atom. The molecule has 1 atom stereocenters. The molecule has 1 aromatic carbocycles. The molecule has 1 aromatic heterocycles. The first-order chi connectivity index (χ1) is 10.2. The highest BCUT2D eigenvalue weighted by molar-refractivity contribution is 5.93. The third-order valence-electron chi connectivity index (χ3n) is 3.51. The molecular weight excluding hydrogens is 262 g/mol. The van der Waals surface area contributed by atoms with E-state index in [-0.39, 0.29) is 11.9 Å². The van der Waals surface area contributed by atoms with Crippen LogP contribution in [0.25, 0.3) is 0 Å². The summed E-state index contributed by atoms with van der Waals surface area (Å²) in [6.07, 6.45) is 3.84. The van der Waals surface area contributed by atoms with Crippen LogP contribution in [0.1, 0.15) is 35.8 Å². The number of hydrogen-bond donors (Lipinski definition) is 2. The van der Waals surface area contributed by atoms with Crippen molar-refractivity contribution in [3.8, 4) is 0 Å². The maximum absolute atomic E-state index is 12.4. The minimum atomic E-state index is -0.0557. The van der Waals surface area contributed by atoms with E-state index in [1.165, 1.54) is 5.56 Å². The lowest BCUT2D eigenvalue weighted by Gasteiger charge is -2.17. The Labute approximate surface area is 126 Å². The quantitative estimate of drug-likeness (QED) is 0.820. The van der Waals surface area contributed by atoms with E-state index in [1.54, 1.807) is 0 Å². The van der Waals surface area contributed by atoms with Gasteiger partial charge in [-0.25, -0.2) is 0 Å². The van der Waals surface area contributed by atoms with Crippen molar-refractivity contribution in [2.24, 2.45) is 5.73 Å². The summed E-state index contributed by atoms with van der Waals surface area (Å²) in [5.41, 5.74) is 7.55. The highest BCUT2D eigenvalue weighted by atomic mass is 16.2. The fraction of sp³-hybridized carbons (Fsp3) is 0.353. The van der Waals surface area contributed by atoms with Crippen LogP contribution in [0.5, 0.6) is 0 Å². The van der Waals surface area contributed by atoms with Gasteiger partial charge in [-0.15, -0.1) is 0 Å². The van der Waals surface area contributed by atoms with E-state index in [4.69, 9.17) is 5.73 Å². The first-order valence-electron chi connectivity index (χ1n) is 7.44. The van der Waals surface area contributed by atoms with Gasteiger partial charge in [-0.2, -0.15) is 0 Å². The number of aromatic nitrogens is 1. The summed E-state index contributed by atoms with van der Waals surface area (Å²) in [5.74, 6) is -0.0557. The number of hydrogen-bond acceptors (Lipinski definition) is 2. The van der Waals surface area contributed by atoms with Gasteiger partial charge in [0.15, 0.2) is 0 Å². The molecule has 1 amide bonds. The summed E-state index contributed by atoms with van der Waals surface area (Å²) in [6, 6.07) is 13.9. The van der Waals surface area contributed by atoms with Crippen molar-refractivity contribution in [3.63, 3.8) is 0 Å². The number of benzene rings is 1. The summed E-state index contributed by atoms with van der Waals surface area (Å²) >= 11 is 0. The molecular formula is C17H23N3O. The molecule has 0 bridgehead atoms. The van der Waals surface area contributed by atoms with Crippen LogP contribution in [-0.2, 0) is 6.54 Å². The Morgan fingerprint density at radius 3 is 2.67 bits per heavy atom. The molecule has 4 nitrogen and oxygen atoms in total. The van der Waals surface area contributed by atoms with Crippen molar-refractivity contribution < 1.29 is 4.79 Å². The number of carbonyl (C=O) groups excluding carboxylic acids is 1. The van der Waals surface area contributed by atoms with Crippen molar-refractivity contribution in [2.75, 3.05) is 6.54 Å². The van der Waals surface area contributed by atoms with Gasteiger partial charge in [0.25, 0.3) is 5.91 Å². The Balaban J connectivity index is 2.07. The average Bonchev–Trinajstić information content (AvgIpc) is 2.96. The van der Waals surface area contributed by atoms with Gasteiger partial charge in [0, 0.05) is 25.3 Å². The SMILES string of the molecule is CCCC(CN)NC(=O)c1cccn1Cc1ccccc1. The second kappa shape index (κ2) is 7.64.